The topological polar surface area (TPSA) is 57.7 Å². The Hall–Kier alpha value is -2.34. The van der Waals surface area contributed by atoms with Crippen LogP contribution in [-0.4, -0.2) is 49.4 Å². The lowest BCUT2D eigenvalue weighted by Crippen LogP contribution is -2.47. The zero-order valence-electron chi connectivity index (χ0n) is 16.1. The maximum atomic E-state index is 13.3. The lowest BCUT2D eigenvalue weighted by molar-refractivity contribution is -0.132. The number of benzene rings is 2. The van der Waals surface area contributed by atoms with E-state index in [0.717, 1.165) is 17.7 Å². The van der Waals surface area contributed by atoms with E-state index >= 15 is 0 Å². The predicted octanol–water partition coefficient (Wildman–Crippen LogP) is 2.65. The van der Waals surface area contributed by atoms with Crippen LogP contribution in [0.15, 0.2) is 54.6 Å². The van der Waals surface area contributed by atoms with Gasteiger partial charge in [-0.15, -0.1) is 0 Å². The Labute approximate surface area is 166 Å². The molecule has 0 N–H and O–H groups in total. The van der Waals surface area contributed by atoms with Crippen LogP contribution in [0.2, 0.25) is 0 Å². The lowest BCUT2D eigenvalue weighted by atomic mass is 10.1. The number of fused-ring (bicyclic) bond motifs is 1. The summed E-state index contributed by atoms with van der Waals surface area (Å²) in [5.74, 6) is 0.228. The summed E-state index contributed by atoms with van der Waals surface area (Å²) in [5, 5.41) is 0. The minimum Gasteiger partial charge on any atom is -0.359 e. The smallest absolute Gasteiger partial charge is 0.242 e. The van der Waals surface area contributed by atoms with Crippen molar-refractivity contribution in [2.24, 2.45) is 0 Å². The molecule has 2 aromatic carbocycles. The van der Waals surface area contributed by atoms with E-state index in [1.165, 1.54) is 5.56 Å². The summed E-state index contributed by atoms with van der Waals surface area (Å²) in [7, 11) is -3.06. The van der Waals surface area contributed by atoms with Gasteiger partial charge in [-0.05, 0) is 37.0 Å². The van der Waals surface area contributed by atoms with Crippen LogP contribution < -0.4 is 4.90 Å². The van der Waals surface area contributed by atoms with E-state index in [4.69, 9.17) is 0 Å². The van der Waals surface area contributed by atoms with E-state index < -0.39 is 9.84 Å². The number of hydrogen-bond acceptors (Lipinski definition) is 4. The largest absolute Gasteiger partial charge is 0.359 e. The highest BCUT2D eigenvalue weighted by molar-refractivity contribution is 7.91. The molecule has 4 rings (SSSR count). The second kappa shape index (κ2) is 7.59. The van der Waals surface area contributed by atoms with Crippen molar-refractivity contribution in [3.8, 4) is 0 Å². The average Bonchev–Trinajstić information content (AvgIpc) is 3.19. The first-order valence-electron chi connectivity index (χ1n) is 9.81. The molecular formula is C22H26N2O3S. The fourth-order valence-electron chi connectivity index (χ4n) is 4.33. The van der Waals surface area contributed by atoms with Crippen molar-refractivity contribution in [1.29, 1.82) is 0 Å². The fraction of sp³-hybridized carbons (Fsp3) is 0.409. The molecule has 2 aliphatic rings. The molecule has 0 radical (unpaired) electrons. The molecule has 0 aromatic heterocycles. The summed E-state index contributed by atoms with van der Waals surface area (Å²) >= 11 is 0. The van der Waals surface area contributed by atoms with Gasteiger partial charge >= 0.3 is 0 Å². The summed E-state index contributed by atoms with van der Waals surface area (Å²) in [6, 6.07) is 18.0. The van der Waals surface area contributed by atoms with Crippen molar-refractivity contribution >= 4 is 21.4 Å². The standard InChI is InChI=1S/C22H26N2O3S/c1-17-13-19-9-5-6-10-21(19)23(17)15-22(25)24(14-18-7-3-2-4-8-18)20-11-12-28(26,27)16-20/h2-10,17,20H,11-16H2,1H3. The molecule has 2 aromatic rings. The Morgan fingerprint density at radius 1 is 1.11 bits per heavy atom. The summed E-state index contributed by atoms with van der Waals surface area (Å²) in [5.41, 5.74) is 3.40. The van der Waals surface area contributed by atoms with E-state index in [1.54, 1.807) is 4.90 Å². The third kappa shape index (κ3) is 3.92. The van der Waals surface area contributed by atoms with E-state index in [9.17, 15) is 13.2 Å². The number of rotatable bonds is 5. The Morgan fingerprint density at radius 2 is 1.82 bits per heavy atom. The van der Waals surface area contributed by atoms with Crippen LogP contribution >= 0.6 is 0 Å². The molecule has 6 heteroatoms. The summed E-state index contributed by atoms with van der Waals surface area (Å²) in [6.45, 7) is 2.86. The van der Waals surface area contributed by atoms with Gasteiger partial charge in [-0.25, -0.2) is 8.42 Å². The second-order valence-electron chi connectivity index (χ2n) is 7.87. The number of hydrogen-bond donors (Lipinski definition) is 0. The molecule has 0 aliphatic carbocycles. The van der Waals surface area contributed by atoms with Crippen molar-refractivity contribution in [2.45, 2.75) is 38.4 Å². The quantitative estimate of drug-likeness (QED) is 0.777. The van der Waals surface area contributed by atoms with Gasteiger partial charge in [0, 0.05) is 24.3 Å². The molecule has 2 aliphatic heterocycles. The molecule has 28 heavy (non-hydrogen) atoms. The van der Waals surface area contributed by atoms with Crippen molar-refractivity contribution in [3.63, 3.8) is 0 Å². The maximum absolute atomic E-state index is 13.3. The monoisotopic (exact) mass is 398 g/mol. The second-order valence-corrected chi connectivity index (χ2v) is 10.1. The van der Waals surface area contributed by atoms with Gasteiger partial charge < -0.3 is 9.80 Å². The molecule has 2 unspecified atom stereocenters. The first kappa shape index (κ1) is 19.0. The molecule has 1 fully saturated rings. The fourth-order valence-corrected chi connectivity index (χ4v) is 6.06. The normalized spacial score (nSPS) is 22.8. The number of para-hydroxylation sites is 1. The molecule has 5 nitrogen and oxygen atoms in total. The summed E-state index contributed by atoms with van der Waals surface area (Å²) < 4.78 is 24.1. The van der Waals surface area contributed by atoms with Gasteiger partial charge in [-0.1, -0.05) is 48.5 Å². The highest BCUT2D eigenvalue weighted by Crippen LogP contribution is 2.32. The minimum absolute atomic E-state index is 0.00509. The highest BCUT2D eigenvalue weighted by Gasteiger charge is 2.36. The first-order chi connectivity index (χ1) is 13.4. The van der Waals surface area contributed by atoms with Crippen molar-refractivity contribution in [3.05, 3.63) is 65.7 Å². The third-order valence-electron chi connectivity index (χ3n) is 5.82. The first-order valence-corrected chi connectivity index (χ1v) is 11.6. The summed E-state index contributed by atoms with van der Waals surface area (Å²) in [4.78, 5) is 17.3. The molecule has 0 saturated carbocycles. The third-order valence-corrected chi connectivity index (χ3v) is 7.57. The number of amides is 1. The molecule has 2 heterocycles. The van der Waals surface area contributed by atoms with Crippen molar-refractivity contribution < 1.29 is 13.2 Å². The van der Waals surface area contributed by atoms with E-state index in [-0.39, 0.29) is 36.0 Å². The van der Waals surface area contributed by atoms with Gasteiger partial charge in [0.1, 0.15) is 0 Å². The van der Waals surface area contributed by atoms with Crippen LogP contribution in [0.25, 0.3) is 0 Å². The van der Waals surface area contributed by atoms with E-state index in [2.05, 4.69) is 24.0 Å². The molecule has 0 spiro atoms. The van der Waals surface area contributed by atoms with E-state index in [1.807, 2.05) is 42.5 Å². The minimum atomic E-state index is -3.06. The van der Waals surface area contributed by atoms with Crippen LogP contribution in [0.4, 0.5) is 5.69 Å². The van der Waals surface area contributed by atoms with E-state index in [0.29, 0.717) is 13.0 Å². The van der Waals surface area contributed by atoms with Crippen LogP contribution in [0.3, 0.4) is 0 Å². The van der Waals surface area contributed by atoms with Gasteiger partial charge in [-0.2, -0.15) is 0 Å². The Bertz CT molecular complexity index is 959. The number of anilines is 1. The highest BCUT2D eigenvalue weighted by atomic mass is 32.2. The molecule has 1 saturated heterocycles. The molecule has 148 valence electrons. The Balaban J connectivity index is 1.56. The Morgan fingerprint density at radius 3 is 2.54 bits per heavy atom. The van der Waals surface area contributed by atoms with Crippen molar-refractivity contribution in [1.82, 2.24) is 4.90 Å². The van der Waals surface area contributed by atoms with Gasteiger partial charge in [0.2, 0.25) is 5.91 Å². The molecular weight excluding hydrogens is 372 g/mol. The zero-order valence-corrected chi connectivity index (χ0v) is 16.9. The molecule has 1 amide bonds. The number of carbonyl (C=O) groups excluding carboxylic acids is 1. The summed E-state index contributed by atoms with van der Waals surface area (Å²) in [6.07, 6.45) is 1.45. The van der Waals surface area contributed by atoms with Gasteiger partial charge in [0.25, 0.3) is 0 Å². The van der Waals surface area contributed by atoms with Crippen LogP contribution in [0.5, 0.6) is 0 Å². The number of nitrogens with zero attached hydrogens (tertiary/aromatic N) is 2. The Kier molecular flexibility index (Phi) is 5.15. The SMILES string of the molecule is CC1Cc2ccccc2N1CC(=O)N(Cc1ccccc1)C1CCS(=O)(=O)C1. The molecule has 2 atom stereocenters. The number of carbonyl (C=O) groups is 1. The van der Waals surface area contributed by atoms with Crippen LogP contribution in [-0.2, 0) is 27.6 Å². The van der Waals surface area contributed by atoms with Gasteiger partial charge in [-0.3, -0.25) is 4.79 Å². The zero-order chi connectivity index (χ0) is 19.7. The number of sulfone groups is 1. The maximum Gasteiger partial charge on any atom is 0.242 e. The predicted molar refractivity (Wildman–Crippen MR) is 111 cm³/mol. The van der Waals surface area contributed by atoms with Crippen LogP contribution in [0, 0.1) is 0 Å². The van der Waals surface area contributed by atoms with Crippen LogP contribution in [0.1, 0.15) is 24.5 Å². The van der Waals surface area contributed by atoms with Gasteiger partial charge in [0.05, 0.1) is 18.1 Å². The lowest BCUT2D eigenvalue weighted by Gasteiger charge is -2.32. The average molecular weight is 399 g/mol. The van der Waals surface area contributed by atoms with Gasteiger partial charge in [0.15, 0.2) is 9.84 Å². The van der Waals surface area contributed by atoms with Crippen molar-refractivity contribution in [2.75, 3.05) is 23.0 Å². The molecule has 0 bridgehead atoms.